The van der Waals surface area contributed by atoms with Gasteiger partial charge in [0.15, 0.2) is 5.82 Å². The van der Waals surface area contributed by atoms with Crippen LogP contribution in [0.25, 0.3) is 5.57 Å². The van der Waals surface area contributed by atoms with Crippen LogP contribution in [0, 0.1) is 5.92 Å². The smallest absolute Gasteiger partial charge is 0.308 e. The Kier molecular flexibility index (Phi) is 5.98. The van der Waals surface area contributed by atoms with Gasteiger partial charge in [-0.3, -0.25) is 4.79 Å². The molecule has 1 saturated carbocycles. The Morgan fingerprint density at radius 3 is 2.92 bits per heavy atom. The Morgan fingerprint density at radius 1 is 1.36 bits per heavy atom. The number of aliphatic carboxylic acids is 1. The quantitative estimate of drug-likeness (QED) is 0.758. The third-order valence-corrected chi connectivity index (χ3v) is 4.66. The highest BCUT2D eigenvalue weighted by atomic mass is 16.5. The van der Waals surface area contributed by atoms with Gasteiger partial charge in [-0.05, 0) is 18.8 Å². The van der Waals surface area contributed by atoms with E-state index in [1.807, 2.05) is 6.08 Å². The van der Waals surface area contributed by atoms with Gasteiger partial charge in [0.2, 0.25) is 0 Å². The molecule has 3 rings (SSSR count). The summed E-state index contributed by atoms with van der Waals surface area (Å²) in [5, 5.41) is 13.1. The third kappa shape index (κ3) is 5.27. The lowest BCUT2D eigenvalue weighted by atomic mass is 9.86. The highest BCUT2D eigenvalue weighted by Gasteiger charge is 2.17. The second kappa shape index (κ2) is 8.60. The molecular formula is C18H24N4O3. The van der Waals surface area contributed by atoms with Gasteiger partial charge in [-0.2, -0.15) is 4.98 Å². The Balaban J connectivity index is 1.63. The number of rotatable bonds is 8. The molecular weight excluding hydrogens is 320 g/mol. The lowest BCUT2D eigenvalue weighted by Gasteiger charge is -2.20. The minimum Gasteiger partial charge on any atom is -0.481 e. The number of aromatic amines is 1. The summed E-state index contributed by atoms with van der Waals surface area (Å²) < 4.78 is 5.28. The second-order valence-electron chi connectivity index (χ2n) is 6.61. The van der Waals surface area contributed by atoms with Crippen molar-refractivity contribution in [3.63, 3.8) is 0 Å². The maximum Gasteiger partial charge on any atom is 0.308 e. The van der Waals surface area contributed by atoms with Gasteiger partial charge in [0.05, 0.1) is 12.8 Å². The Labute approximate surface area is 146 Å². The van der Waals surface area contributed by atoms with Gasteiger partial charge in [-0.1, -0.05) is 43.3 Å². The van der Waals surface area contributed by atoms with Crippen molar-refractivity contribution in [3.8, 4) is 0 Å². The molecule has 2 aromatic heterocycles. The van der Waals surface area contributed by atoms with Gasteiger partial charge >= 0.3 is 5.97 Å². The summed E-state index contributed by atoms with van der Waals surface area (Å²) in [7, 11) is 0. The van der Waals surface area contributed by atoms with Crippen LogP contribution in [-0.2, 0) is 11.2 Å². The van der Waals surface area contributed by atoms with Crippen LogP contribution in [0.4, 0.5) is 0 Å². The highest BCUT2D eigenvalue weighted by molar-refractivity contribution is 5.81. The second-order valence-corrected chi connectivity index (χ2v) is 6.61. The van der Waals surface area contributed by atoms with Crippen molar-refractivity contribution in [2.24, 2.45) is 5.92 Å². The highest BCUT2D eigenvalue weighted by Crippen LogP contribution is 2.28. The van der Waals surface area contributed by atoms with Gasteiger partial charge in [-0.15, -0.1) is 0 Å². The topological polar surface area (TPSA) is 105 Å². The monoisotopic (exact) mass is 344 g/mol. The summed E-state index contributed by atoms with van der Waals surface area (Å²) in [4.78, 5) is 22.6. The molecule has 2 heterocycles. The average molecular weight is 344 g/mol. The van der Waals surface area contributed by atoms with Crippen molar-refractivity contribution in [2.45, 2.75) is 57.8 Å². The molecule has 0 amide bonds. The molecule has 2 aromatic rings. The van der Waals surface area contributed by atoms with Crippen molar-refractivity contribution in [1.82, 2.24) is 20.1 Å². The van der Waals surface area contributed by atoms with E-state index in [1.54, 1.807) is 12.4 Å². The summed E-state index contributed by atoms with van der Waals surface area (Å²) in [5.41, 5.74) is 0.599. The van der Waals surface area contributed by atoms with E-state index in [4.69, 9.17) is 9.63 Å². The Morgan fingerprint density at radius 2 is 2.20 bits per heavy atom. The van der Waals surface area contributed by atoms with Crippen molar-refractivity contribution in [2.75, 3.05) is 0 Å². The lowest BCUT2D eigenvalue weighted by Crippen LogP contribution is -2.05. The molecule has 1 aliphatic carbocycles. The molecule has 0 aliphatic heterocycles. The summed E-state index contributed by atoms with van der Waals surface area (Å²) in [6.07, 6.45) is 14.2. The number of nitrogens with one attached hydrogen (secondary N) is 1. The standard InChI is InChI=1S/C18H24N4O3/c23-17(24)11-14(8-4-7-13-5-2-1-3-6-13)18-21-16(22-25-18)12-15-19-9-10-20-15/h8-10,13H,1-7,11-12H2,(H,19,20)(H,23,24)/b14-8-. The van der Waals surface area contributed by atoms with Crippen LogP contribution in [0.5, 0.6) is 0 Å². The fourth-order valence-corrected chi connectivity index (χ4v) is 3.37. The number of carboxylic acids is 1. The number of aromatic nitrogens is 4. The predicted octanol–water partition coefficient (Wildman–Crippen LogP) is 3.60. The normalized spacial score (nSPS) is 16.2. The minimum atomic E-state index is -0.894. The fraction of sp³-hybridized carbons (Fsp3) is 0.556. The van der Waals surface area contributed by atoms with E-state index in [1.165, 1.54) is 32.1 Å². The van der Waals surface area contributed by atoms with E-state index >= 15 is 0 Å². The molecule has 0 aromatic carbocycles. The number of hydrogen-bond donors (Lipinski definition) is 2. The molecule has 7 heteroatoms. The first kappa shape index (κ1) is 17.4. The summed E-state index contributed by atoms with van der Waals surface area (Å²) in [5.74, 6) is 1.40. The van der Waals surface area contributed by atoms with Crippen LogP contribution in [0.3, 0.4) is 0 Å². The van der Waals surface area contributed by atoms with E-state index in [0.29, 0.717) is 23.7 Å². The molecule has 0 radical (unpaired) electrons. The van der Waals surface area contributed by atoms with Crippen LogP contribution < -0.4 is 0 Å². The lowest BCUT2D eigenvalue weighted by molar-refractivity contribution is -0.135. The SMILES string of the molecule is O=C(O)C/C(=C/CCC1CCCCC1)c1nc(Cc2ncc[nH]2)no1. The third-order valence-electron chi connectivity index (χ3n) is 4.66. The van der Waals surface area contributed by atoms with E-state index in [2.05, 4.69) is 20.1 Å². The van der Waals surface area contributed by atoms with Crippen molar-refractivity contribution in [1.29, 1.82) is 0 Å². The summed E-state index contributed by atoms with van der Waals surface area (Å²) in [6, 6.07) is 0. The van der Waals surface area contributed by atoms with Crippen LogP contribution in [0.1, 0.15) is 68.9 Å². The molecule has 0 atom stereocenters. The van der Waals surface area contributed by atoms with E-state index in [-0.39, 0.29) is 6.42 Å². The minimum absolute atomic E-state index is 0.104. The molecule has 7 nitrogen and oxygen atoms in total. The maximum absolute atomic E-state index is 11.2. The molecule has 0 bridgehead atoms. The van der Waals surface area contributed by atoms with Crippen LogP contribution in [0.2, 0.25) is 0 Å². The number of H-pyrrole nitrogens is 1. The fourth-order valence-electron chi connectivity index (χ4n) is 3.37. The maximum atomic E-state index is 11.2. The first-order valence-electron chi connectivity index (χ1n) is 8.92. The number of carbonyl (C=O) groups is 1. The number of nitrogens with zero attached hydrogens (tertiary/aromatic N) is 3. The number of hydrogen-bond acceptors (Lipinski definition) is 5. The van der Waals surface area contributed by atoms with E-state index in [9.17, 15) is 4.79 Å². The van der Waals surface area contributed by atoms with Gasteiger partial charge in [0.1, 0.15) is 5.82 Å². The Hall–Kier alpha value is -2.44. The molecule has 0 saturated heterocycles. The van der Waals surface area contributed by atoms with Crippen LogP contribution in [-0.4, -0.2) is 31.2 Å². The molecule has 2 N–H and O–H groups in total. The van der Waals surface area contributed by atoms with E-state index in [0.717, 1.165) is 24.6 Å². The molecule has 25 heavy (non-hydrogen) atoms. The predicted molar refractivity (Wildman–Crippen MR) is 91.7 cm³/mol. The van der Waals surface area contributed by atoms with Gasteiger partial charge in [-0.25, -0.2) is 4.98 Å². The average Bonchev–Trinajstić information content (AvgIpc) is 3.27. The molecule has 1 aliphatic rings. The van der Waals surface area contributed by atoms with Crippen LogP contribution in [0.15, 0.2) is 23.0 Å². The molecule has 1 fully saturated rings. The van der Waals surface area contributed by atoms with Crippen molar-refractivity contribution >= 4 is 11.5 Å². The zero-order chi connectivity index (χ0) is 17.5. The number of imidazole rings is 1. The number of carboxylic acid groups (broad SMARTS) is 1. The summed E-state index contributed by atoms with van der Waals surface area (Å²) in [6.45, 7) is 0. The molecule has 134 valence electrons. The largest absolute Gasteiger partial charge is 0.481 e. The Bertz CT molecular complexity index is 700. The summed E-state index contributed by atoms with van der Waals surface area (Å²) >= 11 is 0. The molecule has 0 spiro atoms. The van der Waals surface area contributed by atoms with Gasteiger partial charge in [0.25, 0.3) is 5.89 Å². The first-order chi connectivity index (χ1) is 12.2. The number of allylic oxidation sites excluding steroid dienone is 1. The van der Waals surface area contributed by atoms with Crippen molar-refractivity contribution in [3.05, 3.63) is 36.0 Å². The zero-order valence-corrected chi connectivity index (χ0v) is 14.3. The van der Waals surface area contributed by atoms with Crippen LogP contribution >= 0.6 is 0 Å². The first-order valence-corrected chi connectivity index (χ1v) is 8.92. The van der Waals surface area contributed by atoms with Gasteiger partial charge < -0.3 is 14.6 Å². The van der Waals surface area contributed by atoms with Crippen molar-refractivity contribution < 1.29 is 14.4 Å². The zero-order valence-electron chi connectivity index (χ0n) is 14.3. The van der Waals surface area contributed by atoms with Gasteiger partial charge in [0, 0.05) is 18.0 Å². The van der Waals surface area contributed by atoms with E-state index < -0.39 is 5.97 Å². The molecule has 0 unspecified atom stereocenters.